The first-order valence-electron chi connectivity index (χ1n) is 5.98. The van der Waals surface area contributed by atoms with Gasteiger partial charge in [-0.2, -0.15) is 0 Å². The summed E-state index contributed by atoms with van der Waals surface area (Å²) in [5.74, 6) is -3.52. The number of hydrogen-bond donors (Lipinski definition) is 1. The van der Waals surface area contributed by atoms with Crippen LogP contribution in [0.2, 0.25) is 0 Å². The van der Waals surface area contributed by atoms with Gasteiger partial charge in [0.05, 0.1) is 6.04 Å². The van der Waals surface area contributed by atoms with Crippen molar-refractivity contribution in [2.75, 3.05) is 0 Å². The second kappa shape index (κ2) is 5.25. The fourth-order valence-electron chi connectivity index (χ4n) is 2.18. The van der Waals surface area contributed by atoms with Crippen molar-refractivity contribution in [3.8, 4) is 0 Å². The number of hydrogen-bond acceptors (Lipinski definition) is 1. The highest BCUT2D eigenvalue weighted by Crippen LogP contribution is 2.28. The third-order valence-corrected chi connectivity index (χ3v) is 3.17. The first-order valence-corrected chi connectivity index (χ1v) is 5.98. The van der Waals surface area contributed by atoms with E-state index in [2.05, 4.69) is 0 Å². The molecule has 20 heavy (non-hydrogen) atoms. The Morgan fingerprint density at radius 2 is 1.30 bits per heavy atom. The van der Waals surface area contributed by atoms with Crippen LogP contribution in [0.4, 0.5) is 17.6 Å². The molecule has 106 valence electrons. The molecule has 1 nitrogen and oxygen atoms in total. The SMILES string of the molecule is Cc1cc(C(N)c2c(F)cc(F)cc2F)cc(C)c1F. The second-order valence-corrected chi connectivity index (χ2v) is 4.73. The maximum absolute atomic E-state index is 13.7. The zero-order valence-electron chi connectivity index (χ0n) is 11.0. The molecule has 2 aromatic carbocycles. The average molecular weight is 283 g/mol. The van der Waals surface area contributed by atoms with Crippen LogP contribution >= 0.6 is 0 Å². The smallest absolute Gasteiger partial charge is 0.134 e. The molecule has 0 radical (unpaired) electrons. The van der Waals surface area contributed by atoms with Gasteiger partial charge < -0.3 is 5.73 Å². The third kappa shape index (κ3) is 2.54. The van der Waals surface area contributed by atoms with E-state index in [-0.39, 0.29) is 5.82 Å². The minimum Gasteiger partial charge on any atom is -0.320 e. The fraction of sp³-hybridized carbons (Fsp3) is 0.200. The number of rotatable bonds is 2. The van der Waals surface area contributed by atoms with Crippen LogP contribution in [0.25, 0.3) is 0 Å². The van der Waals surface area contributed by atoms with Crippen LogP contribution in [-0.4, -0.2) is 0 Å². The van der Waals surface area contributed by atoms with Gasteiger partial charge in [-0.05, 0) is 30.5 Å². The predicted molar refractivity (Wildman–Crippen MR) is 68.2 cm³/mol. The van der Waals surface area contributed by atoms with Crippen molar-refractivity contribution >= 4 is 0 Å². The maximum Gasteiger partial charge on any atom is 0.134 e. The summed E-state index contributed by atoms with van der Waals surface area (Å²) in [4.78, 5) is 0. The van der Waals surface area contributed by atoms with E-state index in [1.54, 1.807) is 0 Å². The maximum atomic E-state index is 13.7. The summed E-state index contributed by atoms with van der Waals surface area (Å²) in [6.07, 6.45) is 0. The summed E-state index contributed by atoms with van der Waals surface area (Å²) >= 11 is 0. The third-order valence-electron chi connectivity index (χ3n) is 3.17. The topological polar surface area (TPSA) is 26.0 Å². The molecule has 0 heterocycles. The molecule has 0 aliphatic heterocycles. The van der Waals surface area contributed by atoms with Crippen LogP contribution in [0.15, 0.2) is 24.3 Å². The quantitative estimate of drug-likeness (QED) is 0.831. The van der Waals surface area contributed by atoms with Crippen molar-refractivity contribution < 1.29 is 17.6 Å². The van der Waals surface area contributed by atoms with Gasteiger partial charge >= 0.3 is 0 Å². The summed E-state index contributed by atoms with van der Waals surface area (Å²) in [5.41, 5.74) is 6.43. The molecule has 1 unspecified atom stereocenters. The molecule has 0 aliphatic carbocycles. The number of halogens is 4. The lowest BCUT2D eigenvalue weighted by atomic mass is 9.95. The molecular formula is C15H13F4N. The van der Waals surface area contributed by atoms with E-state index < -0.39 is 29.1 Å². The summed E-state index contributed by atoms with van der Waals surface area (Å²) in [6.45, 7) is 3.08. The summed E-state index contributed by atoms with van der Waals surface area (Å²) in [5, 5.41) is 0. The Labute approximate surface area is 114 Å². The molecular weight excluding hydrogens is 270 g/mol. The van der Waals surface area contributed by atoms with Gasteiger partial charge in [-0.25, -0.2) is 17.6 Å². The van der Waals surface area contributed by atoms with E-state index in [1.165, 1.54) is 26.0 Å². The fourth-order valence-corrected chi connectivity index (χ4v) is 2.18. The minimum atomic E-state index is -1.13. The predicted octanol–water partition coefficient (Wildman–Crippen LogP) is 3.91. The molecule has 0 saturated carbocycles. The van der Waals surface area contributed by atoms with Crippen LogP contribution in [0.3, 0.4) is 0 Å². The molecule has 0 amide bonds. The first-order chi connectivity index (χ1) is 9.31. The average Bonchev–Trinajstić information content (AvgIpc) is 2.33. The van der Waals surface area contributed by atoms with Crippen LogP contribution in [0.5, 0.6) is 0 Å². The lowest BCUT2D eigenvalue weighted by molar-refractivity contribution is 0.514. The van der Waals surface area contributed by atoms with E-state index in [4.69, 9.17) is 5.73 Å². The van der Waals surface area contributed by atoms with E-state index >= 15 is 0 Å². The van der Waals surface area contributed by atoms with Crippen molar-refractivity contribution in [1.29, 1.82) is 0 Å². The Balaban J connectivity index is 2.55. The Kier molecular flexibility index (Phi) is 3.81. The molecule has 0 bridgehead atoms. The standard InChI is InChI=1S/C15H13F4N/c1-7-3-9(4-8(2)14(7)19)15(20)13-11(17)5-10(16)6-12(13)18/h3-6,15H,20H2,1-2H3. The van der Waals surface area contributed by atoms with Gasteiger partial charge in [-0.1, -0.05) is 12.1 Å². The van der Waals surface area contributed by atoms with Crippen molar-refractivity contribution in [2.24, 2.45) is 5.73 Å². The largest absolute Gasteiger partial charge is 0.320 e. The zero-order chi connectivity index (χ0) is 15.0. The molecule has 2 N–H and O–H groups in total. The molecule has 0 fully saturated rings. The lowest BCUT2D eigenvalue weighted by Crippen LogP contribution is -2.16. The van der Waals surface area contributed by atoms with Crippen LogP contribution < -0.4 is 5.73 Å². The van der Waals surface area contributed by atoms with Crippen molar-refractivity contribution in [3.63, 3.8) is 0 Å². The lowest BCUT2D eigenvalue weighted by Gasteiger charge is -2.16. The zero-order valence-corrected chi connectivity index (χ0v) is 11.0. The van der Waals surface area contributed by atoms with Gasteiger partial charge in [0, 0.05) is 17.7 Å². The van der Waals surface area contributed by atoms with Gasteiger partial charge in [-0.3, -0.25) is 0 Å². The molecule has 1 atom stereocenters. The minimum absolute atomic E-state index is 0.332. The van der Waals surface area contributed by atoms with Gasteiger partial charge in [0.2, 0.25) is 0 Å². The molecule has 2 rings (SSSR count). The van der Waals surface area contributed by atoms with Crippen LogP contribution in [0.1, 0.15) is 28.3 Å². The summed E-state index contributed by atoms with van der Waals surface area (Å²) in [7, 11) is 0. The molecule has 0 saturated heterocycles. The molecule has 0 spiro atoms. The van der Waals surface area contributed by atoms with E-state index in [0.717, 1.165) is 0 Å². The van der Waals surface area contributed by atoms with Crippen molar-refractivity contribution in [3.05, 3.63) is 69.8 Å². The summed E-state index contributed by atoms with van der Waals surface area (Å²) < 4.78 is 53.8. The molecule has 5 heteroatoms. The monoisotopic (exact) mass is 283 g/mol. The van der Waals surface area contributed by atoms with Crippen molar-refractivity contribution in [2.45, 2.75) is 19.9 Å². The highest BCUT2D eigenvalue weighted by molar-refractivity contribution is 5.38. The Morgan fingerprint density at radius 3 is 1.75 bits per heavy atom. The normalized spacial score (nSPS) is 12.6. The first kappa shape index (κ1) is 14.5. The molecule has 2 aromatic rings. The number of nitrogens with two attached hydrogens (primary N) is 1. The van der Waals surface area contributed by atoms with E-state index in [9.17, 15) is 17.6 Å². The van der Waals surface area contributed by atoms with Gasteiger partial charge in [0.25, 0.3) is 0 Å². The van der Waals surface area contributed by atoms with E-state index in [0.29, 0.717) is 28.8 Å². The Morgan fingerprint density at radius 1 is 0.850 bits per heavy atom. The van der Waals surface area contributed by atoms with Gasteiger partial charge in [0.1, 0.15) is 23.3 Å². The molecule has 0 aliphatic rings. The van der Waals surface area contributed by atoms with Crippen LogP contribution in [-0.2, 0) is 0 Å². The highest BCUT2D eigenvalue weighted by Gasteiger charge is 2.21. The highest BCUT2D eigenvalue weighted by atomic mass is 19.1. The van der Waals surface area contributed by atoms with Crippen molar-refractivity contribution in [1.82, 2.24) is 0 Å². The Hall–Kier alpha value is -1.88. The van der Waals surface area contributed by atoms with Gasteiger partial charge in [0.15, 0.2) is 0 Å². The summed E-state index contributed by atoms with van der Waals surface area (Å²) in [6, 6.07) is 2.86. The second-order valence-electron chi connectivity index (χ2n) is 4.73. The van der Waals surface area contributed by atoms with E-state index in [1.807, 2.05) is 0 Å². The van der Waals surface area contributed by atoms with Crippen LogP contribution in [0, 0.1) is 37.1 Å². The number of aryl methyl sites for hydroxylation is 2. The Bertz CT molecular complexity index is 621. The molecule has 0 aromatic heterocycles. The number of benzene rings is 2. The van der Waals surface area contributed by atoms with Gasteiger partial charge in [-0.15, -0.1) is 0 Å².